The van der Waals surface area contributed by atoms with E-state index in [-0.39, 0.29) is 18.6 Å². The van der Waals surface area contributed by atoms with E-state index >= 15 is 0 Å². The first-order chi connectivity index (χ1) is 8.18. The second-order valence-corrected chi connectivity index (χ2v) is 3.70. The van der Waals surface area contributed by atoms with Crippen molar-refractivity contribution >= 4 is 22.5 Å². The minimum absolute atomic E-state index is 0.0175. The molecule has 0 spiro atoms. The number of hydrogen-bond acceptors (Lipinski definition) is 3. The number of pyridine rings is 1. The molecule has 1 aromatic heterocycles. The maximum atomic E-state index is 11.8. The topological polar surface area (TPSA) is 67.3 Å². The maximum Gasteiger partial charge on any atom is 0.303 e. The fourth-order valence-electron chi connectivity index (χ4n) is 1.68. The minimum atomic E-state index is -0.974. The van der Waals surface area contributed by atoms with Crippen LogP contribution in [0.3, 0.4) is 0 Å². The average molecular weight is 229 g/mol. The first-order valence-corrected chi connectivity index (χ1v) is 5.27. The van der Waals surface area contributed by atoms with Crippen LogP contribution in [-0.4, -0.2) is 21.8 Å². The van der Waals surface area contributed by atoms with Gasteiger partial charge in [0.25, 0.3) is 0 Å². The van der Waals surface area contributed by atoms with Crippen molar-refractivity contribution in [3.05, 3.63) is 42.2 Å². The number of fused-ring (bicyclic) bond motifs is 1. The minimum Gasteiger partial charge on any atom is -0.481 e. The molecule has 86 valence electrons. The monoisotopic (exact) mass is 229 g/mol. The van der Waals surface area contributed by atoms with E-state index in [1.807, 2.05) is 30.3 Å². The Labute approximate surface area is 97.9 Å². The highest BCUT2D eigenvalue weighted by atomic mass is 16.4. The molecule has 17 heavy (non-hydrogen) atoms. The van der Waals surface area contributed by atoms with Gasteiger partial charge in [0.15, 0.2) is 5.78 Å². The van der Waals surface area contributed by atoms with Crippen LogP contribution in [0.25, 0.3) is 10.8 Å². The number of carbonyl (C=O) groups is 2. The van der Waals surface area contributed by atoms with Crippen LogP contribution in [0.5, 0.6) is 0 Å². The van der Waals surface area contributed by atoms with Crippen LogP contribution < -0.4 is 0 Å². The Morgan fingerprint density at radius 3 is 2.65 bits per heavy atom. The van der Waals surface area contributed by atoms with Crippen molar-refractivity contribution in [2.24, 2.45) is 0 Å². The molecular weight excluding hydrogens is 218 g/mol. The number of aliphatic carboxylic acids is 1. The summed E-state index contributed by atoms with van der Waals surface area (Å²) in [6, 6.07) is 9.25. The summed E-state index contributed by atoms with van der Waals surface area (Å²) in [7, 11) is 0. The zero-order valence-electron chi connectivity index (χ0n) is 9.09. The number of Topliss-reactive ketones (excluding diaryl/α,β-unsaturated/α-hetero) is 1. The molecule has 0 saturated carbocycles. The molecule has 0 atom stereocenters. The van der Waals surface area contributed by atoms with Crippen molar-refractivity contribution < 1.29 is 14.7 Å². The Bertz CT molecular complexity index is 572. The molecule has 0 saturated heterocycles. The van der Waals surface area contributed by atoms with Crippen LogP contribution in [0.15, 0.2) is 36.5 Å². The molecule has 0 fully saturated rings. The first kappa shape index (κ1) is 11.3. The molecular formula is C13H11NO3. The van der Waals surface area contributed by atoms with E-state index in [0.29, 0.717) is 5.69 Å². The lowest BCUT2D eigenvalue weighted by molar-refractivity contribution is -0.136. The molecule has 1 N–H and O–H groups in total. The largest absolute Gasteiger partial charge is 0.481 e. The Hall–Kier alpha value is -2.23. The molecule has 4 heteroatoms. The fraction of sp³-hybridized carbons (Fsp3) is 0.154. The van der Waals surface area contributed by atoms with Crippen LogP contribution >= 0.6 is 0 Å². The van der Waals surface area contributed by atoms with E-state index in [2.05, 4.69) is 4.98 Å². The number of carbonyl (C=O) groups excluding carboxylic acids is 1. The van der Waals surface area contributed by atoms with E-state index in [0.717, 1.165) is 10.8 Å². The summed E-state index contributed by atoms with van der Waals surface area (Å²) in [5.41, 5.74) is 0.351. The number of carboxylic acids is 1. The average Bonchev–Trinajstić information content (AvgIpc) is 2.35. The smallest absolute Gasteiger partial charge is 0.303 e. The highest BCUT2D eigenvalue weighted by molar-refractivity contribution is 6.06. The molecule has 0 amide bonds. The van der Waals surface area contributed by atoms with Gasteiger partial charge in [-0.15, -0.1) is 0 Å². The van der Waals surface area contributed by atoms with E-state index in [1.165, 1.54) is 0 Å². The molecule has 2 rings (SSSR count). The number of hydrogen-bond donors (Lipinski definition) is 1. The standard InChI is InChI=1S/C13H11NO3/c15-11(5-6-12(16)17)13-10-4-2-1-3-9(10)7-8-14-13/h1-4,7-8H,5-6H2,(H,16,17). The highest BCUT2D eigenvalue weighted by Crippen LogP contribution is 2.17. The second kappa shape index (κ2) is 4.74. The number of carboxylic acid groups (broad SMARTS) is 1. The van der Waals surface area contributed by atoms with E-state index in [1.54, 1.807) is 6.20 Å². The van der Waals surface area contributed by atoms with Crippen molar-refractivity contribution in [2.75, 3.05) is 0 Å². The van der Waals surface area contributed by atoms with Gasteiger partial charge >= 0.3 is 5.97 Å². The van der Waals surface area contributed by atoms with Crippen molar-refractivity contribution in [3.8, 4) is 0 Å². The number of benzene rings is 1. The molecule has 0 aliphatic carbocycles. The molecule has 4 nitrogen and oxygen atoms in total. The van der Waals surface area contributed by atoms with Crippen molar-refractivity contribution in [1.82, 2.24) is 4.98 Å². The third kappa shape index (κ3) is 2.47. The maximum absolute atomic E-state index is 11.8. The Morgan fingerprint density at radius 1 is 1.12 bits per heavy atom. The number of aromatic nitrogens is 1. The van der Waals surface area contributed by atoms with Crippen molar-refractivity contribution in [1.29, 1.82) is 0 Å². The van der Waals surface area contributed by atoms with Gasteiger partial charge in [0.1, 0.15) is 5.69 Å². The summed E-state index contributed by atoms with van der Waals surface area (Å²) in [6.45, 7) is 0. The third-order valence-electron chi connectivity index (χ3n) is 2.50. The van der Waals surface area contributed by atoms with Gasteiger partial charge in [0.2, 0.25) is 0 Å². The van der Waals surface area contributed by atoms with Gasteiger partial charge in [0.05, 0.1) is 6.42 Å². The van der Waals surface area contributed by atoms with E-state index in [9.17, 15) is 9.59 Å². The Morgan fingerprint density at radius 2 is 1.88 bits per heavy atom. The summed E-state index contributed by atoms with van der Waals surface area (Å²) < 4.78 is 0. The fourth-order valence-corrected chi connectivity index (χ4v) is 1.68. The first-order valence-electron chi connectivity index (χ1n) is 5.27. The highest BCUT2D eigenvalue weighted by Gasteiger charge is 2.12. The number of nitrogens with zero attached hydrogens (tertiary/aromatic N) is 1. The molecule has 0 bridgehead atoms. The predicted molar refractivity (Wildman–Crippen MR) is 62.9 cm³/mol. The van der Waals surface area contributed by atoms with Gasteiger partial charge in [0, 0.05) is 18.0 Å². The lowest BCUT2D eigenvalue weighted by atomic mass is 10.0. The van der Waals surface area contributed by atoms with Crippen LogP contribution in [0.1, 0.15) is 23.3 Å². The normalized spacial score (nSPS) is 10.4. The van der Waals surface area contributed by atoms with Gasteiger partial charge in [-0.05, 0) is 11.5 Å². The van der Waals surface area contributed by atoms with Gasteiger partial charge in [-0.25, -0.2) is 0 Å². The van der Waals surface area contributed by atoms with Crippen LogP contribution in [0.4, 0.5) is 0 Å². The van der Waals surface area contributed by atoms with E-state index in [4.69, 9.17) is 5.11 Å². The lowest BCUT2D eigenvalue weighted by Crippen LogP contribution is -2.06. The SMILES string of the molecule is O=C(O)CCC(=O)c1nccc2ccccc12. The van der Waals surface area contributed by atoms with Crippen molar-refractivity contribution in [3.63, 3.8) is 0 Å². The Kier molecular flexibility index (Phi) is 3.14. The molecule has 0 aliphatic rings. The van der Waals surface area contributed by atoms with Gasteiger partial charge in [-0.3, -0.25) is 14.6 Å². The lowest BCUT2D eigenvalue weighted by Gasteiger charge is -2.03. The van der Waals surface area contributed by atoms with Gasteiger partial charge in [-0.2, -0.15) is 0 Å². The number of rotatable bonds is 4. The Balaban J connectivity index is 2.35. The summed E-state index contributed by atoms with van der Waals surface area (Å²) in [4.78, 5) is 26.3. The molecule has 1 heterocycles. The summed E-state index contributed by atoms with van der Waals surface area (Å²) in [5.74, 6) is -1.21. The van der Waals surface area contributed by atoms with E-state index < -0.39 is 5.97 Å². The molecule has 0 radical (unpaired) electrons. The van der Waals surface area contributed by atoms with Crippen LogP contribution in [0.2, 0.25) is 0 Å². The summed E-state index contributed by atoms with van der Waals surface area (Å²) >= 11 is 0. The summed E-state index contributed by atoms with van der Waals surface area (Å²) in [6.07, 6.45) is 1.39. The third-order valence-corrected chi connectivity index (χ3v) is 2.50. The quantitative estimate of drug-likeness (QED) is 0.817. The molecule has 1 aromatic carbocycles. The molecule has 0 unspecified atom stereocenters. The van der Waals surface area contributed by atoms with Crippen LogP contribution in [0, 0.1) is 0 Å². The molecule has 2 aromatic rings. The van der Waals surface area contributed by atoms with Crippen molar-refractivity contribution in [2.45, 2.75) is 12.8 Å². The summed E-state index contributed by atoms with van der Waals surface area (Å²) in [5, 5.41) is 10.3. The predicted octanol–water partition coefficient (Wildman–Crippen LogP) is 2.28. The zero-order chi connectivity index (χ0) is 12.3. The second-order valence-electron chi connectivity index (χ2n) is 3.70. The zero-order valence-corrected chi connectivity index (χ0v) is 9.09. The molecule has 0 aliphatic heterocycles. The van der Waals surface area contributed by atoms with Crippen LogP contribution in [-0.2, 0) is 4.79 Å². The van der Waals surface area contributed by atoms with Gasteiger partial charge in [-0.1, -0.05) is 24.3 Å². The van der Waals surface area contributed by atoms with Gasteiger partial charge < -0.3 is 5.11 Å². The number of ketones is 1.